The quantitative estimate of drug-likeness (QED) is 0.843. The summed E-state index contributed by atoms with van der Waals surface area (Å²) in [7, 11) is 1.97. The molecule has 0 heterocycles. The third-order valence-electron chi connectivity index (χ3n) is 4.10. The minimum absolute atomic E-state index is 0.204. The van der Waals surface area contributed by atoms with E-state index in [1.165, 1.54) is 32.1 Å². The molecule has 0 saturated heterocycles. The summed E-state index contributed by atoms with van der Waals surface area (Å²) in [5, 5.41) is 3.50. The maximum Gasteiger partial charge on any atom is 0.160 e. The van der Waals surface area contributed by atoms with Gasteiger partial charge in [-0.05, 0) is 32.7 Å². The third kappa shape index (κ3) is 3.76. The molecule has 0 amide bonds. The topological polar surface area (TPSA) is 38.3 Å². The summed E-state index contributed by atoms with van der Waals surface area (Å²) in [6.45, 7) is 0. The van der Waals surface area contributed by atoms with Crippen molar-refractivity contribution in [3.05, 3.63) is 0 Å². The first-order chi connectivity index (χ1) is 8.31. The van der Waals surface area contributed by atoms with Gasteiger partial charge in [0, 0.05) is 6.04 Å². The highest BCUT2D eigenvalue weighted by atomic mass is 32.2. The van der Waals surface area contributed by atoms with E-state index in [1.54, 1.807) is 0 Å². The molecular formula is C13H25NO2S. The van der Waals surface area contributed by atoms with Crippen LogP contribution in [0.25, 0.3) is 0 Å². The van der Waals surface area contributed by atoms with E-state index in [-0.39, 0.29) is 11.4 Å². The molecule has 1 N–H and O–H groups in total. The van der Waals surface area contributed by atoms with Gasteiger partial charge in [-0.2, -0.15) is 0 Å². The second-order valence-corrected chi connectivity index (χ2v) is 6.65. The Morgan fingerprint density at radius 2 is 1.65 bits per heavy atom. The van der Waals surface area contributed by atoms with Crippen LogP contribution >= 0.6 is 0 Å². The van der Waals surface area contributed by atoms with Crippen LogP contribution in [0.3, 0.4) is 0 Å². The highest BCUT2D eigenvalue weighted by molar-refractivity contribution is 7.80. The van der Waals surface area contributed by atoms with Gasteiger partial charge in [-0.1, -0.05) is 32.1 Å². The number of hydrogen-bond donors (Lipinski definition) is 1. The molecule has 0 radical (unpaired) electrons. The van der Waals surface area contributed by atoms with Crippen LogP contribution in [0.4, 0.5) is 0 Å². The van der Waals surface area contributed by atoms with Crippen LogP contribution in [0.2, 0.25) is 0 Å². The van der Waals surface area contributed by atoms with Crippen molar-refractivity contribution in [2.45, 2.75) is 75.2 Å². The molecule has 2 fully saturated rings. The van der Waals surface area contributed by atoms with Crippen molar-refractivity contribution in [3.63, 3.8) is 0 Å². The van der Waals surface area contributed by atoms with Gasteiger partial charge in [-0.15, -0.1) is 0 Å². The summed E-state index contributed by atoms with van der Waals surface area (Å²) < 4.78 is 18.1. The largest absolute Gasteiger partial charge is 0.316 e. The molecule has 3 nitrogen and oxygen atoms in total. The Balaban J connectivity index is 1.84. The second kappa shape index (κ2) is 6.86. The first-order valence-corrected chi connectivity index (χ1v) is 8.20. The van der Waals surface area contributed by atoms with Crippen molar-refractivity contribution < 1.29 is 8.39 Å². The molecule has 0 aliphatic heterocycles. The zero-order valence-electron chi connectivity index (χ0n) is 10.8. The minimum Gasteiger partial charge on any atom is -0.316 e. The molecule has 2 saturated carbocycles. The molecular weight excluding hydrogens is 234 g/mol. The van der Waals surface area contributed by atoms with E-state index in [9.17, 15) is 4.21 Å². The Hall–Kier alpha value is 0.0700. The maximum atomic E-state index is 12.3. The van der Waals surface area contributed by atoms with E-state index < -0.39 is 11.1 Å². The zero-order chi connectivity index (χ0) is 12.1. The molecule has 3 atom stereocenters. The van der Waals surface area contributed by atoms with Crippen molar-refractivity contribution in [1.82, 2.24) is 5.32 Å². The Morgan fingerprint density at radius 3 is 2.35 bits per heavy atom. The van der Waals surface area contributed by atoms with Crippen LogP contribution in [-0.4, -0.2) is 28.7 Å². The van der Waals surface area contributed by atoms with E-state index in [1.807, 2.05) is 7.05 Å². The van der Waals surface area contributed by atoms with Crippen LogP contribution in [0.15, 0.2) is 0 Å². The lowest BCUT2D eigenvalue weighted by molar-refractivity contribution is 0.169. The van der Waals surface area contributed by atoms with Gasteiger partial charge < -0.3 is 5.32 Å². The van der Waals surface area contributed by atoms with Gasteiger partial charge in [0.15, 0.2) is 11.1 Å². The van der Waals surface area contributed by atoms with Gasteiger partial charge in [-0.3, -0.25) is 4.18 Å². The average Bonchev–Trinajstić information content (AvgIpc) is 2.40. The van der Waals surface area contributed by atoms with Crippen LogP contribution < -0.4 is 5.32 Å². The summed E-state index contributed by atoms with van der Waals surface area (Å²) in [6, 6.07) is 0.383. The lowest BCUT2D eigenvalue weighted by Crippen LogP contribution is -2.43. The fraction of sp³-hybridized carbons (Fsp3) is 1.00. The summed E-state index contributed by atoms with van der Waals surface area (Å²) in [5.41, 5.74) is 0. The third-order valence-corrected chi connectivity index (χ3v) is 5.62. The first kappa shape index (κ1) is 13.5. The van der Waals surface area contributed by atoms with Crippen LogP contribution in [0.1, 0.15) is 57.8 Å². The second-order valence-electron chi connectivity index (χ2n) is 5.33. The number of rotatable bonds is 4. The van der Waals surface area contributed by atoms with Crippen molar-refractivity contribution in [3.8, 4) is 0 Å². The summed E-state index contributed by atoms with van der Waals surface area (Å²) >= 11 is -1.10. The lowest BCUT2D eigenvalue weighted by atomic mass is 9.95. The van der Waals surface area contributed by atoms with E-state index in [0.717, 1.165) is 25.7 Å². The van der Waals surface area contributed by atoms with Crippen molar-refractivity contribution in [2.24, 2.45) is 0 Å². The SMILES string of the molecule is CNC1CCCCC1S(=O)OC1CCCCC1. The Kier molecular flexibility index (Phi) is 5.45. The fourth-order valence-corrected chi connectivity index (χ4v) is 4.53. The fourth-order valence-electron chi connectivity index (χ4n) is 3.02. The predicted octanol–water partition coefficient (Wildman–Crippen LogP) is 2.53. The zero-order valence-corrected chi connectivity index (χ0v) is 11.6. The molecule has 0 bridgehead atoms. The molecule has 2 aliphatic carbocycles. The summed E-state index contributed by atoms with van der Waals surface area (Å²) in [6.07, 6.45) is 10.9. The molecule has 2 aliphatic rings. The van der Waals surface area contributed by atoms with Crippen LogP contribution in [0, 0.1) is 0 Å². The van der Waals surface area contributed by atoms with Gasteiger partial charge in [0.1, 0.15) is 0 Å². The normalized spacial score (nSPS) is 33.5. The van der Waals surface area contributed by atoms with E-state index in [0.29, 0.717) is 6.04 Å². The lowest BCUT2D eigenvalue weighted by Gasteiger charge is -2.31. The smallest absolute Gasteiger partial charge is 0.160 e. The number of nitrogens with one attached hydrogen (secondary N) is 1. The Labute approximate surface area is 107 Å². The Bertz CT molecular complexity index is 254. The van der Waals surface area contributed by atoms with E-state index >= 15 is 0 Å². The van der Waals surface area contributed by atoms with Gasteiger partial charge in [0.05, 0.1) is 11.4 Å². The predicted molar refractivity (Wildman–Crippen MR) is 71.2 cm³/mol. The monoisotopic (exact) mass is 259 g/mol. The molecule has 100 valence electrons. The van der Waals surface area contributed by atoms with E-state index in [2.05, 4.69) is 5.32 Å². The highest BCUT2D eigenvalue weighted by Crippen LogP contribution is 2.27. The van der Waals surface area contributed by atoms with Crippen LogP contribution in [0.5, 0.6) is 0 Å². The average molecular weight is 259 g/mol. The molecule has 0 aromatic carbocycles. The highest BCUT2D eigenvalue weighted by Gasteiger charge is 2.31. The van der Waals surface area contributed by atoms with Crippen molar-refractivity contribution >= 4 is 11.1 Å². The Morgan fingerprint density at radius 1 is 1.00 bits per heavy atom. The first-order valence-electron chi connectivity index (χ1n) is 7.06. The minimum atomic E-state index is -1.10. The molecule has 3 unspecified atom stereocenters. The van der Waals surface area contributed by atoms with Gasteiger partial charge in [0.2, 0.25) is 0 Å². The molecule has 17 heavy (non-hydrogen) atoms. The van der Waals surface area contributed by atoms with Crippen molar-refractivity contribution in [2.75, 3.05) is 7.05 Å². The van der Waals surface area contributed by atoms with Crippen molar-refractivity contribution in [1.29, 1.82) is 0 Å². The van der Waals surface area contributed by atoms with Gasteiger partial charge in [0.25, 0.3) is 0 Å². The maximum absolute atomic E-state index is 12.3. The number of hydrogen-bond acceptors (Lipinski definition) is 3. The van der Waals surface area contributed by atoms with Gasteiger partial charge in [-0.25, -0.2) is 4.21 Å². The summed E-state index contributed by atoms with van der Waals surface area (Å²) in [4.78, 5) is 0. The molecule has 0 aromatic heterocycles. The van der Waals surface area contributed by atoms with Crippen LogP contribution in [-0.2, 0) is 15.3 Å². The van der Waals surface area contributed by atoms with Gasteiger partial charge >= 0.3 is 0 Å². The molecule has 0 aromatic rings. The standard InChI is InChI=1S/C13H25NO2S/c1-14-12-9-5-6-10-13(12)17(15)16-11-7-3-2-4-8-11/h11-14H,2-10H2,1H3. The molecule has 4 heteroatoms. The summed E-state index contributed by atoms with van der Waals surface area (Å²) in [5.74, 6) is 0. The molecule has 0 spiro atoms. The molecule has 2 rings (SSSR count). The van der Waals surface area contributed by atoms with E-state index in [4.69, 9.17) is 4.18 Å².